The summed E-state index contributed by atoms with van der Waals surface area (Å²) < 4.78 is 36.6. The molecule has 18 heavy (non-hydrogen) atoms. The number of carbonyl (C=O) groups is 2. The minimum Gasteiger partial charge on any atom is -0.469 e. The van der Waals surface area contributed by atoms with Crippen molar-refractivity contribution in [3.8, 4) is 0 Å². The van der Waals surface area contributed by atoms with Gasteiger partial charge in [0.15, 0.2) is 0 Å². The third-order valence-electron chi connectivity index (χ3n) is 2.09. The van der Waals surface area contributed by atoms with Gasteiger partial charge in [0.25, 0.3) is 0 Å². The van der Waals surface area contributed by atoms with Crippen LogP contribution >= 0.6 is 0 Å². The Balaban J connectivity index is 4.62. The summed E-state index contributed by atoms with van der Waals surface area (Å²) in [5.74, 6) is -2.29. The van der Waals surface area contributed by atoms with Crippen molar-refractivity contribution in [2.75, 3.05) is 20.8 Å². The summed E-state index contributed by atoms with van der Waals surface area (Å²) in [7, 11) is 2.26. The Hall–Kier alpha value is -1.57. The third-order valence-corrected chi connectivity index (χ3v) is 2.09. The number of hydrogen-bond acceptors (Lipinski definition) is 5. The molecule has 8 heteroatoms. The van der Waals surface area contributed by atoms with Crippen LogP contribution in [0.15, 0.2) is 4.99 Å². The van der Waals surface area contributed by atoms with E-state index in [1.807, 2.05) is 0 Å². The lowest BCUT2D eigenvalue weighted by Gasteiger charge is -2.17. The van der Waals surface area contributed by atoms with Gasteiger partial charge in [-0.25, -0.2) is 4.79 Å². The molecule has 0 aliphatic rings. The van der Waals surface area contributed by atoms with Gasteiger partial charge < -0.3 is 14.2 Å². The molecule has 0 heterocycles. The summed E-state index contributed by atoms with van der Waals surface area (Å²) in [4.78, 5) is 25.5. The number of carbonyl (C=O) groups excluding carboxylic acids is 2. The molecular weight excluding hydrogens is 252 g/mol. The van der Waals surface area contributed by atoms with Crippen molar-refractivity contribution in [2.45, 2.75) is 13.5 Å². The minimum atomic E-state index is -2.93. The summed E-state index contributed by atoms with van der Waals surface area (Å²) >= 11 is 0. The fourth-order valence-corrected chi connectivity index (χ4v) is 1.10. The molecule has 0 aromatic heterocycles. The van der Waals surface area contributed by atoms with Gasteiger partial charge in [-0.15, -0.1) is 0 Å². The normalized spacial score (nSPS) is 14.6. The van der Waals surface area contributed by atoms with Crippen LogP contribution in [-0.2, 0) is 19.0 Å². The maximum atomic E-state index is 11.9. The molecule has 0 rings (SSSR count). The zero-order valence-corrected chi connectivity index (χ0v) is 10.3. The highest BCUT2D eigenvalue weighted by atomic mass is 19.3. The lowest BCUT2D eigenvalue weighted by atomic mass is 9.96. The molecule has 0 aliphatic heterocycles. The van der Waals surface area contributed by atoms with Crippen LogP contribution in [-0.4, -0.2) is 45.7 Å². The van der Waals surface area contributed by atoms with Gasteiger partial charge >= 0.3 is 18.7 Å². The Morgan fingerprint density at radius 1 is 1.28 bits per heavy atom. The third kappa shape index (κ3) is 6.24. The number of amides is 1. The Bertz CT molecular complexity index is 309. The predicted octanol–water partition coefficient (Wildman–Crippen LogP) is 1.49. The Labute approximate surface area is 103 Å². The van der Waals surface area contributed by atoms with E-state index in [0.29, 0.717) is 0 Å². The largest absolute Gasteiger partial charge is 0.469 e. The van der Waals surface area contributed by atoms with Crippen LogP contribution < -0.4 is 0 Å². The topological polar surface area (TPSA) is 74.2 Å². The molecule has 0 saturated heterocycles. The molecule has 0 aliphatic carbocycles. The highest BCUT2D eigenvalue weighted by Crippen LogP contribution is 2.13. The molecule has 104 valence electrons. The van der Waals surface area contributed by atoms with Gasteiger partial charge in [-0.2, -0.15) is 13.8 Å². The lowest BCUT2D eigenvalue weighted by molar-refractivity contribution is -0.153. The van der Waals surface area contributed by atoms with Gasteiger partial charge in [0, 0.05) is 6.21 Å². The van der Waals surface area contributed by atoms with Gasteiger partial charge in [-0.3, -0.25) is 4.79 Å². The number of esters is 1. The van der Waals surface area contributed by atoms with Crippen LogP contribution in [0.3, 0.4) is 0 Å². The van der Waals surface area contributed by atoms with Gasteiger partial charge in [0.05, 0.1) is 26.7 Å². The van der Waals surface area contributed by atoms with Crippen LogP contribution in [0.1, 0.15) is 6.92 Å². The molecule has 1 unspecified atom stereocenters. The zero-order chi connectivity index (χ0) is 14.1. The van der Waals surface area contributed by atoms with Gasteiger partial charge in [0.2, 0.25) is 0 Å². The van der Waals surface area contributed by atoms with E-state index in [1.165, 1.54) is 6.92 Å². The number of halogens is 2. The summed E-state index contributed by atoms with van der Waals surface area (Å²) in [6.45, 7) is -1.80. The number of alkyl halides is 2. The first-order valence-corrected chi connectivity index (χ1v) is 5.02. The average molecular weight is 267 g/mol. The number of nitrogens with zero attached hydrogens (tertiary/aromatic N) is 1. The van der Waals surface area contributed by atoms with Crippen LogP contribution in [0.4, 0.5) is 13.6 Å². The fraction of sp³-hybridized carbons (Fsp3) is 0.700. The Morgan fingerprint density at radius 2 is 1.89 bits per heavy atom. The van der Waals surface area contributed by atoms with E-state index in [4.69, 9.17) is 0 Å². The van der Waals surface area contributed by atoms with Crippen molar-refractivity contribution < 1.29 is 32.6 Å². The second-order valence-electron chi connectivity index (χ2n) is 3.37. The van der Waals surface area contributed by atoms with Crippen LogP contribution in [0.25, 0.3) is 0 Å². The summed E-state index contributed by atoms with van der Waals surface area (Å²) in [5.41, 5.74) is 0. The molecule has 0 spiro atoms. The van der Waals surface area contributed by atoms with Crippen molar-refractivity contribution in [3.63, 3.8) is 0 Å². The quantitative estimate of drug-likeness (QED) is 0.538. The van der Waals surface area contributed by atoms with Crippen molar-refractivity contribution >= 4 is 18.3 Å². The van der Waals surface area contributed by atoms with Crippen LogP contribution in [0.2, 0.25) is 0 Å². The molecule has 0 aromatic carbocycles. The van der Waals surface area contributed by atoms with E-state index in [1.54, 1.807) is 0 Å². The van der Waals surface area contributed by atoms with E-state index in [2.05, 4.69) is 19.2 Å². The number of ether oxygens (including phenoxy) is 3. The SMILES string of the molecule is COC(=O)N=CC(C(=O)OC)[C@@H](C)COC(F)F. The smallest absolute Gasteiger partial charge is 0.432 e. The summed E-state index contributed by atoms with van der Waals surface area (Å²) in [6.07, 6.45) is 0.0999. The molecule has 0 fully saturated rings. The fourth-order valence-electron chi connectivity index (χ4n) is 1.10. The van der Waals surface area contributed by atoms with Crippen molar-refractivity contribution in [2.24, 2.45) is 16.8 Å². The summed E-state index contributed by atoms with van der Waals surface area (Å²) in [6, 6.07) is 0. The van der Waals surface area contributed by atoms with E-state index < -0.39 is 30.5 Å². The van der Waals surface area contributed by atoms with E-state index in [-0.39, 0.29) is 6.61 Å². The first-order chi connectivity index (χ1) is 8.42. The molecule has 0 aromatic rings. The van der Waals surface area contributed by atoms with Crippen LogP contribution in [0, 0.1) is 11.8 Å². The molecule has 0 saturated carbocycles. The minimum absolute atomic E-state index is 0.370. The lowest BCUT2D eigenvalue weighted by Crippen LogP contribution is -2.28. The van der Waals surface area contributed by atoms with Crippen molar-refractivity contribution in [1.82, 2.24) is 0 Å². The Morgan fingerprint density at radius 3 is 2.33 bits per heavy atom. The highest BCUT2D eigenvalue weighted by Gasteiger charge is 2.25. The highest BCUT2D eigenvalue weighted by molar-refractivity contribution is 5.93. The first kappa shape index (κ1) is 16.4. The van der Waals surface area contributed by atoms with Gasteiger partial charge in [0.1, 0.15) is 0 Å². The summed E-state index contributed by atoms with van der Waals surface area (Å²) in [5, 5.41) is 0. The number of hydrogen-bond donors (Lipinski definition) is 0. The first-order valence-electron chi connectivity index (χ1n) is 5.02. The van der Waals surface area contributed by atoms with Gasteiger partial charge in [-0.1, -0.05) is 6.92 Å². The Kier molecular flexibility index (Phi) is 7.77. The van der Waals surface area contributed by atoms with E-state index in [0.717, 1.165) is 20.4 Å². The maximum Gasteiger partial charge on any atom is 0.432 e. The number of methoxy groups -OCH3 is 2. The standard InChI is InChI=1S/C10H15F2NO5/c1-6(5-18-9(11)12)7(8(14)16-2)4-13-10(15)17-3/h4,6-7,9H,5H2,1-3H3/t6-,7?/m0/s1. The molecule has 1 amide bonds. The second-order valence-corrected chi connectivity index (χ2v) is 3.37. The molecule has 0 bridgehead atoms. The number of aliphatic imine (C=N–C) groups is 1. The van der Waals surface area contributed by atoms with Crippen LogP contribution in [0.5, 0.6) is 0 Å². The van der Waals surface area contributed by atoms with Crippen molar-refractivity contribution in [3.05, 3.63) is 0 Å². The molecule has 2 atom stereocenters. The second kappa shape index (κ2) is 8.51. The molecule has 0 radical (unpaired) electrons. The van der Waals surface area contributed by atoms with Crippen molar-refractivity contribution in [1.29, 1.82) is 0 Å². The predicted molar refractivity (Wildman–Crippen MR) is 57.5 cm³/mol. The molecule has 6 nitrogen and oxygen atoms in total. The molecule has 0 N–H and O–H groups in total. The average Bonchev–Trinajstić information content (AvgIpc) is 2.35. The van der Waals surface area contributed by atoms with Gasteiger partial charge in [-0.05, 0) is 5.92 Å². The zero-order valence-electron chi connectivity index (χ0n) is 10.3. The van der Waals surface area contributed by atoms with E-state index >= 15 is 0 Å². The number of rotatable bonds is 6. The monoisotopic (exact) mass is 267 g/mol. The van der Waals surface area contributed by atoms with E-state index in [9.17, 15) is 18.4 Å². The molecular formula is C10H15F2NO5. The maximum absolute atomic E-state index is 11.9.